The van der Waals surface area contributed by atoms with Crippen molar-refractivity contribution >= 4 is 39.6 Å². The van der Waals surface area contributed by atoms with Crippen molar-refractivity contribution in [3.8, 4) is 0 Å². The van der Waals surface area contributed by atoms with Crippen molar-refractivity contribution < 1.29 is 4.79 Å². The molecule has 1 saturated heterocycles. The fraction of sp³-hybridized carbons (Fsp3) is 0.375. The Morgan fingerprint density at radius 2 is 2.06 bits per heavy atom. The Kier molecular flexibility index (Phi) is 5.18. The van der Waals surface area contributed by atoms with Crippen LogP contribution in [-0.2, 0) is 6.42 Å². The number of hydrogen-bond donors (Lipinski definition) is 1. The van der Waals surface area contributed by atoms with E-state index in [0.717, 1.165) is 72.2 Å². The molecule has 0 saturated carbocycles. The Balaban J connectivity index is 1.38. The number of likely N-dealkylation sites (tertiary alicyclic amines) is 1. The minimum atomic E-state index is 0.0608. The number of benzene rings is 1. The number of rotatable bonds is 4. The molecule has 1 aliphatic heterocycles. The third-order valence-electron chi connectivity index (χ3n) is 6.35. The Morgan fingerprint density at radius 1 is 1.26 bits per heavy atom. The van der Waals surface area contributed by atoms with Gasteiger partial charge in [0.2, 0.25) is 0 Å². The zero-order valence-corrected chi connectivity index (χ0v) is 18.6. The van der Waals surface area contributed by atoms with Gasteiger partial charge >= 0.3 is 0 Å². The van der Waals surface area contributed by atoms with Crippen LogP contribution >= 0.6 is 11.6 Å². The van der Waals surface area contributed by atoms with E-state index < -0.39 is 0 Å². The van der Waals surface area contributed by atoms with Gasteiger partial charge in [-0.1, -0.05) is 18.5 Å². The van der Waals surface area contributed by atoms with Gasteiger partial charge in [-0.2, -0.15) is 0 Å². The molecule has 0 spiro atoms. The molecule has 1 amide bonds. The zero-order chi connectivity index (χ0) is 21.5. The minimum Gasteiger partial charge on any atom is -0.350 e. The van der Waals surface area contributed by atoms with Crippen LogP contribution in [0.5, 0.6) is 0 Å². The molecule has 5 rings (SSSR count). The summed E-state index contributed by atoms with van der Waals surface area (Å²) in [5.41, 5.74) is 4.48. The molecule has 0 unspecified atom stereocenters. The quantitative estimate of drug-likeness (QED) is 0.472. The van der Waals surface area contributed by atoms with Gasteiger partial charge in [0.05, 0.1) is 0 Å². The van der Waals surface area contributed by atoms with E-state index in [-0.39, 0.29) is 5.91 Å². The van der Waals surface area contributed by atoms with Crippen molar-refractivity contribution in [1.82, 2.24) is 24.4 Å². The molecule has 0 bridgehead atoms. The molecule has 4 aromatic rings. The number of aryl methyl sites for hydroxylation is 2. The maximum atomic E-state index is 13.3. The van der Waals surface area contributed by atoms with E-state index in [4.69, 9.17) is 16.6 Å². The summed E-state index contributed by atoms with van der Waals surface area (Å²) in [7, 11) is 0. The van der Waals surface area contributed by atoms with Gasteiger partial charge < -0.3 is 14.5 Å². The molecule has 31 heavy (non-hydrogen) atoms. The van der Waals surface area contributed by atoms with Crippen LogP contribution in [0.1, 0.15) is 54.1 Å². The molecule has 0 radical (unpaired) electrons. The molecule has 1 N–H and O–H groups in total. The molecular formula is C24H26ClN5O. The highest BCUT2D eigenvalue weighted by molar-refractivity contribution is 6.31. The molecule has 1 aromatic carbocycles. The number of carbonyl (C=O) groups excluding carboxylic acids is 1. The summed E-state index contributed by atoms with van der Waals surface area (Å²) < 4.78 is 2.32. The largest absolute Gasteiger partial charge is 0.350 e. The lowest BCUT2D eigenvalue weighted by molar-refractivity contribution is 0.0689. The molecule has 1 fully saturated rings. The summed E-state index contributed by atoms with van der Waals surface area (Å²) in [5.74, 6) is 1.16. The van der Waals surface area contributed by atoms with Gasteiger partial charge in [-0.3, -0.25) is 4.79 Å². The highest BCUT2D eigenvalue weighted by Crippen LogP contribution is 2.31. The van der Waals surface area contributed by atoms with Gasteiger partial charge in [0.15, 0.2) is 5.65 Å². The smallest absolute Gasteiger partial charge is 0.270 e. The van der Waals surface area contributed by atoms with Crippen molar-refractivity contribution in [2.75, 3.05) is 13.1 Å². The van der Waals surface area contributed by atoms with E-state index >= 15 is 0 Å². The first-order valence-electron chi connectivity index (χ1n) is 11.0. The predicted octanol–water partition coefficient (Wildman–Crippen LogP) is 5.30. The Hall–Kier alpha value is -2.86. The van der Waals surface area contributed by atoms with Crippen LogP contribution < -0.4 is 0 Å². The van der Waals surface area contributed by atoms with E-state index in [0.29, 0.717) is 16.8 Å². The molecule has 1 aliphatic rings. The van der Waals surface area contributed by atoms with Crippen LogP contribution in [0.3, 0.4) is 0 Å². The van der Waals surface area contributed by atoms with Gasteiger partial charge in [0, 0.05) is 47.7 Å². The lowest BCUT2D eigenvalue weighted by atomic mass is 10.0. The van der Waals surface area contributed by atoms with Crippen LogP contribution in [0.25, 0.3) is 22.1 Å². The molecule has 160 valence electrons. The highest BCUT2D eigenvalue weighted by atomic mass is 35.5. The van der Waals surface area contributed by atoms with Crippen LogP contribution in [0, 0.1) is 6.92 Å². The summed E-state index contributed by atoms with van der Waals surface area (Å²) in [5, 5.41) is 1.68. The summed E-state index contributed by atoms with van der Waals surface area (Å²) >= 11 is 6.15. The summed E-state index contributed by atoms with van der Waals surface area (Å²) in [6, 6.07) is 9.97. The summed E-state index contributed by atoms with van der Waals surface area (Å²) in [6.45, 7) is 5.60. The summed E-state index contributed by atoms with van der Waals surface area (Å²) in [6.07, 6.45) is 5.61. The van der Waals surface area contributed by atoms with Crippen molar-refractivity contribution in [2.24, 2.45) is 0 Å². The van der Waals surface area contributed by atoms with Gasteiger partial charge in [0.1, 0.15) is 17.0 Å². The number of H-pyrrole nitrogens is 1. The number of amides is 1. The molecular weight excluding hydrogens is 410 g/mol. The average molecular weight is 436 g/mol. The third-order valence-corrected chi connectivity index (χ3v) is 6.58. The topological polar surface area (TPSA) is 66.8 Å². The first-order chi connectivity index (χ1) is 15.1. The number of aromatic amines is 1. The number of halogens is 1. The molecule has 0 aliphatic carbocycles. The number of hydrogen-bond acceptors (Lipinski definition) is 3. The second kappa shape index (κ2) is 8.00. The lowest BCUT2D eigenvalue weighted by Crippen LogP contribution is -2.39. The summed E-state index contributed by atoms with van der Waals surface area (Å²) in [4.78, 5) is 28.0. The minimum absolute atomic E-state index is 0.0608. The molecule has 3 aromatic heterocycles. The molecule has 4 heterocycles. The van der Waals surface area contributed by atoms with E-state index in [1.807, 2.05) is 48.4 Å². The van der Waals surface area contributed by atoms with Crippen LogP contribution in [0.4, 0.5) is 0 Å². The number of nitrogens with zero attached hydrogens (tertiary/aromatic N) is 4. The number of nitrogens with one attached hydrogen (secondary N) is 1. The maximum Gasteiger partial charge on any atom is 0.270 e. The first kappa shape index (κ1) is 20.1. The number of aromatic nitrogens is 4. The van der Waals surface area contributed by atoms with E-state index in [1.165, 1.54) is 0 Å². The fourth-order valence-electron chi connectivity index (χ4n) is 4.76. The van der Waals surface area contributed by atoms with E-state index in [9.17, 15) is 4.79 Å². The van der Waals surface area contributed by atoms with Crippen molar-refractivity contribution in [3.05, 3.63) is 58.6 Å². The number of carbonyl (C=O) groups is 1. The third kappa shape index (κ3) is 3.49. The normalized spacial score (nSPS) is 15.3. The Bertz CT molecular complexity index is 1270. The van der Waals surface area contributed by atoms with Crippen LogP contribution in [0.2, 0.25) is 5.02 Å². The molecule has 6 nitrogen and oxygen atoms in total. The number of piperidine rings is 1. The SMILES string of the molecule is CCCc1nc2cccnc2n1C1CCN(C(=O)c2[nH]c3ccc(Cl)cc3c2C)CC1. The van der Waals surface area contributed by atoms with E-state index in [2.05, 4.69) is 21.5 Å². The molecule has 7 heteroatoms. The Labute approximate surface area is 186 Å². The van der Waals surface area contributed by atoms with Gasteiger partial charge in [-0.05, 0) is 62.1 Å². The number of pyridine rings is 1. The second-order valence-electron chi connectivity index (χ2n) is 8.33. The van der Waals surface area contributed by atoms with E-state index in [1.54, 1.807) is 0 Å². The van der Waals surface area contributed by atoms with Crippen LogP contribution in [0.15, 0.2) is 36.5 Å². The number of fused-ring (bicyclic) bond motifs is 2. The van der Waals surface area contributed by atoms with Crippen molar-refractivity contribution in [2.45, 2.75) is 45.6 Å². The molecule has 0 atom stereocenters. The van der Waals surface area contributed by atoms with Crippen molar-refractivity contribution in [3.63, 3.8) is 0 Å². The average Bonchev–Trinajstić information content (AvgIpc) is 3.31. The van der Waals surface area contributed by atoms with Gasteiger partial charge in [0.25, 0.3) is 5.91 Å². The second-order valence-corrected chi connectivity index (χ2v) is 8.77. The van der Waals surface area contributed by atoms with Crippen LogP contribution in [-0.4, -0.2) is 43.4 Å². The number of imidazole rings is 1. The zero-order valence-electron chi connectivity index (χ0n) is 17.9. The highest BCUT2D eigenvalue weighted by Gasteiger charge is 2.29. The fourth-order valence-corrected chi connectivity index (χ4v) is 4.93. The monoisotopic (exact) mass is 435 g/mol. The Morgan fingerprint density at radius 3 is 2.84 bits per heavy atom. The maximum absolute atomic E-state index is 13.3. The first-order valence-corrected chi connectivity index (χ1v) is 11.3. The van der Waals surface area contributed by atoms with Gasteiger partial charge in [-0.25, -0.2) is 9.97 Å². The lowest BCUT2D eigenvalue weighted by Gasteiger charge is -2.33. The van der Waals surface area contributed by atoms with Crippen molar-refractivity contribution in [1.29, 1.82) is 0 Å². The predicted molar refractivity (Wildman–Crippen MR) is 124 cm³/mol. The standard InChI is InChI=1S/C24H26ClN5O/c1-3-5-21-27-20-6-4-11-26-23(20)30(21)17-9-12-29(13-10-17)24(31)22-15(2)18-14-16(25)7-8-19(18)28-22/h4,6-8,11,14,17,28H,3,5,9-10,12-13H2,1-2H3. The van der Waals surface area contributed by atoms with Gasteiger partial charge in [-0.15, -0.1) is 0 Å².